The van der Waals surface area contributed by atoms with Gasteiger partial charge in [0.2, 0.25) is 0 Å². The predicted octanol–water partition coefficient (Wildman–Crippen LogP) is 9.12. The van der Waals surface area contributed by atoms with Crippen molar-refractivity contribution < 1.29 is 0 Å². The monoisotopic (exact) mass is 541 g/mol. The molecule has 0 saturated heterocycles. The van der Waals surface area contributed by atoms with Crippen molar-refractivity contribution in [2.45, 2.75) is 53.9 Å². The average molecular weight is 542 g/mol. The Morgan fingerprint density at radius 3 is 2.11 bits per heavy atom. The minimum Gasteiger partial charge on any atom is -0.269 e. The number of aliphatic imine (C=N–C) groups is 3. The van der Waals surface area contributed by atoms with Gasteiger partial charge >= 0.3 is 0 Å². The van der Waals surface area contributed by atoms with E-state index in [4.69, 9.17) is 0 Å². The molecule has 0 aliphatic carbocycles. The van der Waals surface area contributed by atoms with E-state index in [0.717, 1.165) is 40.5 Å². The van der Waals surface area contributed by atoms with E-state index in [-0.39, 0.29) is 0 Å². The second-order valence-corrected chi connectivity index (χ2v) is 11.2. The number of hydrogen-bond donors (Lipinski definition) is 0. The van der Waals surface area contributed by atoms with Crippen molar-refractivity contribution in [1.29, 1.82) is 0 Å². The molecule has 2 aromatic carbocycles. The third kappa shape index (κ3) is 10.4. The van der Waals surface area contributed by atoms with Crippen LogP contribution in [0.15, 0.2) is 99.1 Å². The van der Waals surface area contributed by atoms with E-state index in [9.17, 15) is 0 Å². The number of aromatic nitrogens is 2. The van der Waals surface area contributed by atoms with Gasteiger partial charge in [0.15, 0.2) is 0 Å². The van der Waals surface area contributed by atoms with Crippen LogP contribution in [0.3, 0.4) is 0 Å². The van der Waals surface area contributed by atoms with Crippen molar-refractivity contribution in [1.82, 2.24) is 9.97 Å². The number of allylic oxidation sites excluding steroid dienone is 2. The summed E-state index contributed by atoms with van der Waals surface area (Å²) in [4.78, 5) is 20.5. The van der Waals surface area contributed by atoms with E-state index in [1.54, 1.807) is 28.9 Å². The van der Waals surface area contributed by atoms with Gasteiger partial charge in [-0.2, -0.15) is 0 Å². The van der Waals surface area contributed by atoms with E-state index in [1.165, 1.54) is 27.3 Å². The molecule has 38 heavy (non-hydrogen) atoms. The van der Waals surface area contributed by atoms with Crippen LogP contribution in [-0.4, -0.2) is 27.6 Å². The first-order chi connectivity index (χ1) is 18.4. The molecule has 4 aromatic rings. The quantitative estimate of drug-likeness (QED) is 0.223. The molecule has 0 spiro atoms. The molecular weight excluding hydrogens is 507 g/mol. The first kappa shape index (κ1) is 29.0. The van der Waals surface area contributed by atoms with Crippen LogP contribution in [0.2, 0.25) is 0 Å². The van der Waals surface area contributed by atoms with Crippen LogP contribution in [0.1, 0.15) is 49.2 Å². The van der Waals surface area contributed by atoms with Crippen molar-refractivity contribution in [3.63, 3.8) is 0 Å². The third-order valence-corrected chi connectivity index (χ3v) is 6.99. The summed E-state index contributed by atoms with van der Waals surface area (Å²) in [5.74, 6) is 0. The fourth-order valence-corrected chi connectivity index (χ4v) is 4.73. The van der Waals surface area contributed by atoms with Gasteiger partial charge in [-0.25, -0.2) is 4.98 Å². The number of benzene rings is 2. The average Bonchev–Trinajstić information content (AvgIpc) is 3.72. The largest absolute Gasteiger partial charge is 0.269 e. The summed E-state index contributed by atoms with van der Waals surface area (Å²) >= 11 is 3.41. The lowest BCUT2D eigenvalue weighted by atomic mass is 10.1. The Balaban J connectivity index is 0.000000135. The Kier molecular flexibility index (Phi) is 11.9. The molecule has 3 aliphatic heterocycles. The zero-order chi connectivity index (χ0) is 27.2. The minimum absolute atomic E-state index is 1.04. The number of fused-ring (bicyclic) bond motifs is 2. The number of para-hydroxylation sites is 2. The summed E-state index contributed by atoms with van der Waals surface area (Å²) in [5.41, 5.74) is 7.43. The SMILES string of the molecule is CC1=CN=CC1.CC1=NC=CC1.CC1=Nc2ccccc2C1.Cc1nc2ccccc2s1.Cc1nccs1. The van der Waals surface area contributed by atoms with Crippen LogP contribution < -0.4 is 0 Å². The summed E-state index contributed by atoms with van der Waals surface area (Å²) in [6.45, 7) is 10.2. The van der Waals surface area contributed by atoms with Gasteiger partial charge in [0.05, 0.1) is 25.9 Å². The number of hydrogen-bond acceptors (Lipinski definition) is 7. The molecule has 0 N–H and O–H groups in total. The number of aryl methyl sites for hydroxylation is 2. The molecule has 0 atom stereocenters. The molecule has 7 rings (SSSR count). The highest BCUT2D eigenvalue weighted by Crippen LogP contribution is 2.25. The minimum atomic E-state index is 1.04. The van der Waals surface area contributed by atoms with Gasteiger partial charge < -0.3 is 0 Å². The number of rotatable bonds is 0. The summed E-state index contributed by atoms with van der Waals surface area (Å²) in [7, 11) is 0. The van der Waals surface area contributed by atoms with Gasteiger partial charge in [0.1, 0.15) is 0 Å². The lowest BCUT2D eigenvalue weighted by Crippen LogP contribution is -1.87. The maximum atomic E-state index is 4.37. The highest BCUT2D eigenvalue weighted by Gasteiger charge is 2.08. The van der Waals surface area contributed by atoms with Crippen molar-refractivity contribution >= 4 is 56.2 Å². The molecule has 5 nitrogen and oxygen atoms in total. The topological polar surface area (TPSA) is 62.9 Å². The molecule has 0 fully saturated rings. The van der Waals surface area contributed by atoms with Crippen molar-refractivity contribution in [3.05, 3.63) is 99.7 Å². The standard InChI is InChI=1S/C9H9N.C8H7NS.2C5H7N.C4H5NS/c1-7-6-8-4-2-3-5-9(8)10-7;1-6-9-7-4-2-3-5-8(7)10-6;1-5-2-3-6-4-5;1-5-3-2-4-6-5;1-4-5-2-3-6-4/h2-5H,6H2,1H3;2-5H,1H3;3-4H,2H2,1H3;2,4H,3H2,1H3;2-3H,1H3. The maximum Gasteiger partial charge on any atom is 0.0907 e. The first-order valence-electron chi connectivity index (χ1n) is 12.6. The molecule has 0 bridgehead atoms. The van der Waals surface area contributed by atoms with Crippen LogP contribution in [0.5, 0.6) is 0 Å². The van der Waals surface area contributed by atoms with Gasteiger partial charge in [0, 0.05) is 60.9 Å². The van der Waals surface area contributed by atoms with Crippen LogP contribution in [0.25, 0.3) is 10.2 Å². The smallest absolute Gasteiger partial charge is 0.0907 e. The summed E-state index contributed by atoms with van der Waals surface area (Å²) in [6, 6.07) is 16.5. The second kappa shape index (κ2) is 15.6. The fraction of sp³-hybridized carbons (Fsp3) is 0.258. The fourth-order valence-electron chi connectivity index (χ4n) is 3.46. The normalized spacial score (nSPS) is 13.9. The Labute approximate surface area is 234 Å². The third-order valence-electron chi connectivity index (χ3n) is 5.33. The lowest BCUT2D eigenvalue weighted by molar-refractivity contribution is 1.30. The Morgan fingerprint density at radius 1 is 0.816 bits per heavy atom. The summed E-state index contributed by atoms with van der Waals surface area (Å²) < 4.78 is 1.28. The Morgan fingerprint density at radius 2 is 1.61 bits per heavy atom. The molecule has 0 radical (unpaired) electrons. The van der Waals surface area contributed by atoms with E-state index in [0.29, 0.717) is 0 Å². The van der Waals surface area contributed by atoms with Crippen molar-refractivity contribution in [3.8, 4) is 0 Å². The molecule has 2 aromatic heterocycles. The van der Waals surface area contributed by atoms with Crippen molar-refractivity contribution in [2.24, 2.45) is 15.0 Å². The Bertz CT molecular complexity index is 1380. The van der Waals surface area contributed by atoms with Crippen LogP contribution in [-0.2, 0) is 6.42 Å². The van der Waals surface area contributed by atoms with Crippen LogP contribution in [0.4, 0.5) is 5.69 Å². The van der Waals surface area contributed by atoms with E-state index < -0.39 is 0 Å². The Hall–Kier alpha value is -3.55. The van der Waals surface area contributed by atoms with Gasteiger partial charge in [-0.15, -0.1) is 22.7 Å². The summed E-state index contributed by atoms with van der Waals surface area (Å²) in [5, 5.41) is 4.24. The summed E-state index contributed by atoms with van der Waals surface area (Å²) in [6.07, 6.45) is 12.6. The lowest BCUT2D eigenvalue weighted by Gasteiger charge is -1.91. The highest BCUT2D eigenvalue weighted by atomic mass is 32.1. The van der Waals surface area contributed by atoms with Gasteiger partial charge in [-0.05, 0) is 64.0 Å². The molecule has 0 amide bonds. The molecule has 5 heterocycles. The van der Waals surface area contributed by atoms with E-state index in [2.05, 4.69) is 69.1 Å². The molecule has 0 saturated carbocycles. The first-order valence-corrected chi connectivity index (χ1v) is 14.3. The maximum absolute atomic E-state index is 4.37. The molecular formula is C31H35N5S2. The molecule has 0 unspecified atom stereocenters. The number of thiazole rings is 2. The zero-order valence-corrected chi connectivity index (χ0v) is 24.4. The van der Waals surface area contributed by atoms with E-state index in [1.807, 2.05) is 69.0 Å². The van der Waals surface area contributed by atoms with Gasteiger partial charge in [-0.1, -0.05) is 36.4 Å². The second-order valence-electron chi connectivity index (χ2n) is 8.87. The molecule has 196 valence electrons. The zero-order valence-electron chi connectivity index (χ0n) is 22.8. The predicted molar refractivity (Wildman–Crippen MR) is 168 cm³/mol. The van der Waals surface area contributed by atoms with Crippen LogP contribution >= 0.6 is 22.7 Å². The van der Waals surface area contributed by atoms with Crippen LogP contribution in [0, 0.1) is 13.8 Å². The molecule has 3 aliphatic rings. The highest BCUT2D eigenvalue weighted by molar-refractivity contribution is 7.18. The number of nitrogens with zero attached hydrogens (tertiary/aromatic N) is 5. The van der Waals surface area contributed by atoms with Crippen molar-refractivity contribution in [2.75, 3.05) is 0 Å². The molecule has 7 heteroatoms. The van der Waals surface area contributed by atoms with Gasteiger partial charge in [-0.3, -0.25) is 20.0 Å². The van der Waals surface area contributed by atoms with E-state index >= 15 is 0 Å². The van der Waals surface area contributed by atoms with Gasteiger partial charge in [0.25, 0.3) is 0 Å².